The molecule has 4 rings (SSSR count). The van der Waals surface area contributed by atoms with E-state index in [9.17, 15) is 9.59 Å². The van der Waals surface area contributed by atoms with Crippen molar-refractivity contribution in [2.24, 2.45) is 5.92 Å². The summed E-state index contributed by atoms with van der Waals surface area (Å²) in [6.07, 6.45) is 2.40. The van der Waals surface area contributed by atoms with E-state index in [0.717, 1.165) is 0 Å². The van der Waals surface area contributed by atoms with Gasteiger partial charge >= 0.3 is 5.69 Å². The van der Waals surface area contributed by atoms with Crippen LogP contribution in [0, 0.1) is 5.92 Å². The monoisotopic (exact) mass is 298 g/mol. The van der Waals surface area contributed by atoms with Gasteiger partial charge in [0.15, 0.2) is 11.2 Å². The Morgan fingerprint density at radius 1 is 1.14 bits per heavy atom. The highest BCUT2D eigenvalue weighted by Crippen LogP contribution is 2.32. The van der Waals surface area contributed by atoms with E-state index < -0.39 is 11.2 Å². The zero-order chi connectivity index (χ0) is 15.1. The number of fused-ring (bicyclic) bond motifs is 1. The number of nitrogens with zero attached hydrogens (tertiary/aromatic N) is 1. The number of imidazole rings is 1. The van der Waals surface area contributed by atoms with Gasteiger partial charge in [0.2, 0.25) is 0 Å². The number of para-hydroxylation sites is 1. The average Bonchev–Trinajstić information content (AvgIpc) is 3.26. The molecule has 1 fully saturated rings. The smallest absolute Gasteiger partial charge is 0.325 e. The molecule has 3 aromatic rings. The van der Waals surface area contributed by atoms with Crippen molar-refractivity contribution in [2.75, 3.05) is 6.61 Å². The van der Waals surface area contributed by atoms with Crippen LogP contribution in [-0.2, 0) is 0 Å². The lowest BCUT2D eigenvalue weighted by molar-refractivity contribution is 0.301. The quantitative estimate of drug-likeness (QED) is 0.677. The fraction of sp³-hybridized carbons (Fsp3) is 0.267. The van der Waals surface area contributed by atoms with Crippen molar-refractivity contribution in [3.63, 3.8) is 0 Å². The van der Waals surface area contributed by atoms with Crippen molar-refractivity contribution in [3.8, 4) is 17.1 Å². The van der Waals surface area contributed by atoms with E-state index in [1.165, 1.54) is 12.8 Å². The third kappa shape index (κ3) is 2.30. The normalized spacial score (nSPS) is 14.4. The molecule has 0 spiro atoms. The van der Waals surface area contributed by atoms with Crippen LogP contribution < -0.4 is 16.0 Å². The van der Waals surface area contributed by atoms with Crippen LogP contribution >= 0.6 is 0 Å². The second-order valence-electron chi connectivity index (χ2n) is 5.47. The summed E-state index contributed by atoms with van der Waals surface area (Å²) in [7, 11) is 0. The minimum absolute atomic E-state index is 0.144. The van der Waals surface area contributed by atoms with Gasteiger partial charge in [-0.3, -0.25) is 14.8 Å². The summed E-state index contributed by atoms with van der Waals surface area (Å²) in [5.41, 5.74) is 0.230. The van der Waals surface area contributed by atoms with E-state index in [1.807, 2.05) is 24.3 Å². The SMILES string of the molecule is O=c1[nH]c2nc(-c3ccccc3OCC3CC3)[nH]c(=O)c2[nH]1. The third-order valence-electron chi connectivity index (χ3n) is 3.70. The predicted molar refractivity (Wildman–Crippen MR) is 81.0 cm³/mol. The predicted octanol–water partition coefficient (Wildman–Crippen LogP) is 1.40. The summed E-state index contributed by atoms with van der Waals surface area (Å²) in [5, 5.41) is 0. The minimum atomic E-state index is -0.455. The fourth-order valence-corrected chi connectivity index (χ4v) is 2.34. The Morgan fingerprint density at radius 3 is 2.77 bits per heavy atom. The summed E-state index contributed by atoms with van der Waals surface area (Å²) < 4.78 is 5.83. The first-order valence-corrected chi connectivity index (χ1v) is 7.15. The summed E-state index contributed by atoms with van der Waals surface area (Å²) in [6.45, 7) is 0.671. The van der Waals surface area contributed by atoms with Gasteiger partial charge in [0, 0.05) is 0 Å². The zero-order valence-electron chi connectivity index (χ0n) is 11.7. The van der Waals surface area contributed by atoms with Crippen LogP contribution in [0.15, 0.2) is 33.9 Å². The molecule has 0 saturated heterocycles. The van der Waals surface area contributed by atoms with E-state index in [-0.39, 0.29) is 11.2 Å². The summed E-state index contributed by atoms with van der Waals surface area (Å²) in [6, 6.07) is 7.41. The molecular weight excluding hydrogens is 284 g/mol. The van der Waals surface area contributed by atoms with Gasteiger partial charge in [-0.1, -0.05) is 12.1 Å². The van der Waals surface area contributed by atoms with Crippen molar-refractivity contribution in [1.29, 1.82) is 0 Å². The lowest BCUT2D eigenvalue weighted by Crippen LogP contribution is -2.10. The zero-order valence-corrected chi connectivity index (χ0v) is 11.7. The molecule has 112 valence electrons. The molecule has 1 aromatic carbocycles. The molecule has 3 N–H and O–H groups in total. The van der Waals surface area contributed by atoms with Crippen LogP contribution in [0.2, 0.25) is 0 Å². The molecule has 0 bridgehead atoms. The molecule has 7 heteroatoms. The van der Waals surface area contributed by atoms with Crippen LogP contribution in [0.25, 0.3) is 22.6 Å². The highest BCUT2D eigenvalue weighted by atomic mass is 16.5. The Kier molecular flexibility index (Phi) is 2.85. The topological polar surface area (TPSA) is 104 Å². The summed E-state index contributed by atoms with van der Waals surface area (Å²) >= 11 is 0. The summed E-state index contributed by atoms with van der Waals surface area (Å²) in [4.78, 5) is 35.3. The molecule has 0 atom stereocenters. The van der Waals surface area contributed by atoms with E-state index in [1.54, 1.807) is 0 Å². The molecule has 2 heterocycles. The molecule has 0 amide bonds. The van der Waals surface area contributed by atoms with Gasteiger partial charge in [-0.15, -0.1) is 0 Å². The van der Waals surface area contributed by atoms with E-state index >= 15 is 0 Å². The van der Waals surface area contributed by atoms with Gasteiger partial charge in [-0.25, -0.2) is 9.78 Å². The molecule has 1 aliphatic carbocycles. The minimum Gasteiger partial charge on any atom is -0.493 e. The van der Waals surface area contributed by atoms with Crippen LogP contribution in [0.3, 0.4) is 0 Å². The fourth-order valence-electron chi connectivity index (χ4n) is 2.34. The van der Waals surface area contributed by atoms with Gasteiger partial charge in [-0.2, -0.15) is 0 Å². The second kappa shape index (κ2) is 4.87. The number of aromatic nitrogens is 4. The molecule has 22 heavy (non-hydrogen) atoms. The standard InChI is InChI=1S/C15H14N4O3/c20-14-11-13(19-15(21)16-11)17-12(18-14)9-3-1-2-4-10(9)22-7-8-5-6-8/h1-4,8H,5-7H2,(H3,16,17,18,19,20,21). The number of hydrogen-bond donors (Lipinski definition) is 3. The number of rotatable bonds is 4. The van der Waals surface area contributed by atoms with Crippen molar-refractivity contribution in [3.05, 3.63) is 45.1 Å². The maximum Gasteiger partial charge on any atom is 0.325 e. The van der Waals surface area contributed by atoms with Crippen molar-refractivity contribution in [1.82, 2.24) is 19.9 Å². The van der Waals surface area contributed by atoms with Crippen LogP contribution in [0.4, 0.5) is 0 Å². The Balaban J connectivity index is 1.80. The lowest BCUT2D eigenvalue weighted by Gasteiger charge is -2.10. The van der Waals surface area contributed by atoms with Crippen molar-refractivity contribution >= 4 is 11.2 Å². The van der Waals surface area contributed by atoms with Crippen molar-refractivity contribution in [2.45, 2.75) is 12.8 Å². The van der Waals surface area contributed by atoms with Gasteiger partial charge < -0.3 is 9.72 Å². The van der Waals surface area contributed by atoms with Gasteiger partial charge in [0.05, 0.1) is 12.2 Å². The Labute approximate surface area is 124 Å². The molecule has 7 nitrogen and oxygen atoms in total. The summed E-state index contributed by atoms with van der Waals surface area (Å²) in [5.74, 6) is 1.68. The molecule has 1 saturated carbocycles. The lowest BCUT2D eigenvalue weighted by atomic mass is 10.2. The highest BCUT2D eigenvalue weighted by Gasteiger charge is 2.22. The Hall–Kier alpha value is -2.83. The Bertz CT molecular complexity index is 949. The van der Waals surface area contributed by atoms with Crippen LogP contribution in [-0.4, -0.2) is 26.5 Å². The van der Waals surface area contributed by atoms with E-state index in [0.29, 0.717) is 29.7 Å². The maximum atomic E-state index is 12.0. The van der Waals surface area contributed by atoms with Gasteiger partial charge in [0.25, 0.3) is 5.56 Å². The number of benzene rings is 1. The average molecular weight is 298 g/mol. The molecule has 1 aliphatic rings. The number of H-pyrrole nitrogens is 3. The highest BCUT2D eigenvalue weighted by molar-refractivity contribution is 5.73. The van der Waals surface area contributed by atoms with E-state index in [2.05, 4.69) is 19.9 Å². The second-order valence-corrected chi connectivity index (χ2v) is 5.47. The molecule has 0 radical (unpaired) electrons. The Morgan fingerprint density at radius 2 is 1.95 bits per heavy atom. The molecule has 0 aliphatic heterocycles. The maximum absolute atomic E-state index is 12.0. The van der Waals surface area contributed by atoms with E-state index in [4.69, 9.17) is 4.74 Å². The van der Waals surface area contributed by atoms with Crippen LogP contribution in [0.1, 0.15) is 12.8 Å². The molecule has 0 unspecified atom stereocenters. The number of ether oxygens (including phenoxy) is 1. The molecule has 2 aromatic heterocycles. The van der Waals surface area contributed by atoms with Crippen molar-refractivity contribution < 1.29 is 4.74 Å². The molecular formula is C15H14N4O3. The third-order valence-corrected chi connectivity index (χ3v) is 3.70. The first-order valence-electron chi connectivity index (χ1n) is 7.15. The first-order chi connectivity index (χ1) is 10.7. The number of aromatic amines is 3. The number of nitrogens with one attached hydrogen (secondary N) is 3. The van der Waals surface area contributed by atoms with Crippen LogP contribution in [0.5, 0.6) is 5.75 Å². The largest absolute Gasteiger partial charge is 0.493 e. The first kappa shape index (κ1) is 12.9. The van der Waals surface area contributed by atoms with Gasteiger partial charge in [0.1, 0.15) is 11.6 Å². The van der Waals surface area contributed by atoms with Gasteiger partial charge in [-0.05, 0) is 30.9 Å². The number of hydrogen-bond acceptors (Lipinski definition) is 4.